The fourth-order valence-corrected chi connectivity index (χ4v) is 4.38. The zero-order valence-corrected chi connectivity index (χ0v) is 19.4. The van der Waals surface area contributed by atoms with Crippen LogP contribution in [-0.4, -0.2) is 40.4 Å². The Hall–Kier alpha value is -2.66. The molecule has 1 amide bonds. The average Bonchev–Trinajstić information content (AvgIpc) is 3.22. The first-order valence-electron chi connectivity index (χ1n) is 12.0. The lowest BCUT2D eigenvalue weighted by molar-refractivity contribution is 0.0953. The van der Waals surface area contributed by atoms with Gasteiger partial charge in [0.1, 0.15) is 11.3 Å². The molecule has 169 valence electrons. The second kappa shape index (κ2) is 10.8. The first kappa shape index (κ1) is 22.5. The normalized spacial score (nSPS) is 14.8. The number of hydrogen-bond donors (Lipinski definition) is 2. The average molecular weight is 432 g/mol. The number of fused-ring (bicyclic) bond motifs is 1. The number of H-pyrrole nitrogens is 1. The number of carbonyl (C=O) groups excluding carboxylic acids is 1. The summed E-state index contributed by atoms with van der Waals surface area (Å²) in [7, 11) is 0. The fraction of sp³-hybridized carbons (Fsp3) is 0.444. The van der Waals surface area contributed by atoms with Gasteiger partial charge in [-0.15, -0.1) is 0 Å². The standard InChI is InChI=1S/C27H35N4O/c1-20(2)15-16-28-27(32)23-11-8-12-24-26(23)30-25(29-24)14-13-21-9-4-5-10-22(21)19-31-17-6-3-7-18-31/h4-5,8-12,14,20H,3,6-7,13,15-19H2,1-2H3,(H,28,32)(H,29,30). The Labute approximate surface area is 191 Å². The van der Waals surface area contributed by atoms with E-state index in [-0.39, 0.29) is 5.91 Å². The van der Waals surface area contributed by atoms with Crippen molar-refractivity contribution in [1.29, 1.82) is 0 Å². The van der Waals surface area contributed by atoms with E-state index in [1.165, 1.54) is 43.5 Å². The van der Waals surface area contributed by atoms with Crippen LogP contribution in [0.1, 0.15) is 66.8 Å². The van der Waals surface area contributed by atoms with Gasteiger partial charge >= 0.3 is 0 Å². The third kappa shape index (κ3) is 5.77. The molecule has 0 unspecified atom stereocenters. The topological polar surface area (TPSA) is 61.0 Å². The number of nitrogens with zero attached hydrogens (tertiary/aromatic N) is 2. The molecule has 0 spiro atoms. The highest BCUT2D eigenvalue weighted by atomic mass is 16.1. The Bertz CT molecular complexity index is 1030. The van der Waals surface area contributed by atoms with Crippen LogP contribution in [-0.2, 0) is 13.0 Å². The second-order valence-electron chi connectivity index (χ2n) is 9.28. The summed E-state index contributed by atoms with van der Waals surface area (Å²) in [6.07, 6.45) is 7.89. The van der Waals surface area contributed by atoms with Gasteiger partial charge in [0.05, 0.1) is 11.1 Å². The Morgan fingerprint density at radius 2 is 1.88 bits per heavy atom. The first-order chi connectivity index (χ1) is 15.6. The van der Waals surface area contributed by atoms with Gasteiger partial charge in [0, 0.05) is 19.5 Å². The van der Waals surface area contributed by atoms with Crippen molar-refractivity contribution < 1.29 is 4.79 Å². The van der Waals surface area contributed by atoms with Crippen molar-refractivity contribution in [2.75, 3.05) is 19.6 Å². The predicted octanol–water partition coefficient (Wildman–Crippen LogP) is 5.12. The van der Waals surface area contributed by atoms with Crippen LogP contribution < -0.4 is 5.32 Å². The molecule has 1 radical (unpaired) electrons. The predicted molar refractivity (Wildman–Crippen MR) is 131 cm³/mol. The molecule has 5 heteroatoms. The fourth-order valence-electron chi connectivity index (χ4n) is 4.38. The molecule has 1 aromatic heterocycles. The van der Waals surface area contributed by atoms with Crippen LogP contribution >= 0.6 is 0 Å². The second-order valence-corrected chi connectivity index (χ2v) is 9.28. The summed E-state index contributed by atoms with van der Waals surface area (Å²) in [5.74, 6) is 1.33. The van der Waals surface area contributed by atoms with E-state index >= 15 is 0 Å². The van der Waals surface area contributed by atoms with Crippen LogP contribution in [0.5, 0.6) is 0 Å². The number of hydrogen-bond acceptors (Lipinski definition) is 3. The van der Waals surface area contributed by atoms with Crippen molar-refractivity contribution in [2.45, 2.75) is 52.5 Å². The van der Waals surface area contributed by atoms with Gasteiger partial charge in [-0.3, -0.25) is 9.69 Å². The molecule has 1 aliphatic rings. The molecule has 2 aromatic carbocycles. The number of para-hydroxylation sites is 1. The van der Waals surface area contributed by atoms with Gasteiger partial charge in [-0.25, -0.2) is 4.98 Å². The Balaban J connectivity index is 1.44. The number of rotatable bonds is 9. The third-order valence-corrected chi connectivity index (χ3v) is 6.26. The minimum Gasteiger partial charge on any atom is -0.352 e. The molecule has 4 rings (SSSR count). The molecule has 2 N–H and O–H groups in total. The molecule has 3 aromatic rings. The van der Waals surface area contributed by atoms with Gasteiger partial charge in [0.25, 0.3) is 5.91 Å². The molecular formula is C27H35N4O. The summed E-state index contributed by atoms with van der Waals surface area (Å²) in [6.45, 7) is 8.42. The van der Waals surface area contributed by atoms with Crippen molar-refractivity contribution >= 4 is 16.9 Å². The minimum atomic E-state index is -0.0545. The van der Waals surface area contributed by atoms with Gasteiger partial charge in [-0.2, -0.15) is 0 Å². The quantitative estimate of drug-likeness (QED) is 0.494. The van der Waals surface area contributed by atoms with Gasteiger partial charge in [-0.1, -0.05) is 50.6 Å². The van der Waals surface area contributed by atoms with Crippen molar-refractivity contribution in [1.82, 2.24) is 20.2 Å². The summed E-state index contributed by atoms with van der Waals surface area (Å²) in [5.41, 5.74) is 5.00. The van der Waals surface area contributed by atoms with Crippen LogP contribution in [0.3, 0.4) is 0 Å². The number of imidazole rings is 1. The lowest BCUT2D eigenvalue weighted by Crippen LogP contribution is -2.29. The Kier molecular flexibility index (Phi) is 7.59. The van der Waals surface area contributed by atoms with Crippen molar-refractivity contribution in [3.8, 4) is 0 Å². The van der Waals surface area contributed by atoms with E-state index in [0.29, 0.717) is 18.0 Å². The molecule has 0 atom stereocenters. The lowest BCUT2D eigenvalue weighted by Gasteiger charge is -2.27. The maximum absolute atomic E-state index is 12.7. The molecule has 32 heavy (non-hydrogen) atoms. The van der Waals surface area contributed by atoms with E-state index in [2.05, 4.69) is 59.7 Å². The van der Waals surface area contributed by atoms with Gasteiger partial charge < -0.3 is 10.3 Å². The van der Waals surface area contributed by atoms with E-state index in [9.17, 15) is 4.79 Å². The van der Waals surface area contributed by atoms with Gasteiger partial charge in [0.15, 0.2) is 0 Å². The van der Waals surface area contributed by atoms with Crippen LogP contribution in [0.25, 0.3) is 11.0 Å². The van der Waals surface area contributed by atoms with Crippen LogP contribution in [0.2, 0.25) is 0 Å². The SMILES string of the molecule is CC(C)CCNC(=O)c1cccc2[nH]c([CH]Cc3ccccc3CN3CCCCC3)nc12. The van der Waals surface area contributed by atoms with Crippen LogP contribution in [0, 0.1) is 12.3 Å². The third-order valence-electron chi connectivity index (χ3n) is 6.26. The Morgan fingerprint density at radius 1 is 1.09 bits per heavy atom. The summed E-state index contributed by atoms with van der Waals surface area (Å²) in [6, 6.07) is 14.5. The molecule has 0 saturated carbocycles. The molecular weight excluding hydrogens is 396 g/mol. The zero-order chi connectivity index (χ0) is 22.3. The van der Waals surface area contributed by atoms with Crippen LogP contribution in [0.4, 0.5) is 0 Å². The molecule has 1 saturated heterocycles. The highest BCUT2D eigenvalue weighted by Crippen LogP contribution is 2.21. The summed E-state index contributed by atoms with van der Waals surface area (Å²) < 4.78 is 0. The van der Waals surface area contributed by atoms with E-state index in [1.807, 2.05) is 18.2 Å². The summed E-state index contributed by atoms with van der Waals surface area (Å²) in [5, 5.41) is 3.03. The molecule has 5 nitrogen and oxygen atoms in total. The van der Waals surface area contributed by atoms with E-state index in [0.717, 1.165) is 36.2 Å². The van der Waals surface area contributed by atoms with Crippen molar-refractivity contribution in [3.05, 3.63) is 71.4 Å². The number of amides is 1. The zero-order valence-electron chi connectivity index (χ0n) is 19.4. The molecule has 0 aliphatic carbocycles. The number of aromatic amines is 1. The lowest BCUT2D eigenvalue weighted by atomic mass is 10.0. The molecule has 1 fully saturated rings. The number of benzene rings is 2. The van der Waals surface area contributed by atoms with E-state index in [4.69, 9.17) is 4.98 Å². The van der Waals surface area contributed by atoms with E-state index < -0.39 is 0 Å². The number of carbonyl (C=O) groups is 1. The van der Waals surface area contributed by atoms with Gasteiger partial charge in [-0.05, 0) is 68.0 Å². The molecule has 1 aliphatic heterocycles. The van der Waals surface area contributed by atoms with Gasteiger partial charge in [0.2, 0.25) is 0 Å². The maximum atomic E-state index is 12.7. The number of aromatic nitrogens is 2. The summed E-state index contributed by atoms with van der Waals surface area (Å²) >= 11 is 0. The summed E-state index contributed by atoms with van der Waals surface area (Å²) in [4.78, 5) is 23.4. The molecule has 2 heterocycles. The minimum absolute atomic E-state index is 0.0545. The maximum Gasteiger partial charge on any atom is 0.253 e. The number of piperidine rings is 1. The van der Waals surface area contributed by atoms with Crippen LogP contribution in [0.15, 0.2) is 42.5 Å². The smallest absolute Gasteiger partial charge is 0.253 e. The number of nitrogens with one attached hydrogen (secondary N) is 2. The molecule has 0 bridgehead atoms. The Morgan fingerprint density at radius 3 is 2.66 bits per heavy atom. The largest absolute Gasteiger partial charge is 0.352 e. The highest BCUT2D eigenvalue weighted by molar-refractivity contribution is 6.04. The van der Waals surface area contributed by atoms with E-state index in [1.54, 1.807) is 0 Å². The number of likely N-dealkylation sites (tertiary alicyclic amines) is 1. The van der Waals surface area contributed by atoms with Crippen molar-refractivity contribution in [2.24, 2.45) is 5.92 Å². The van der Waals surface area contributed by atoms with Crippen molar-refractivity contribution in [3.63, 3.8) is 0 Å². The first-order valence-corrected chi connectivity index (χ1v) is 12.0. The monoisotopic (exact) mass is 431 g/mol. The highest BCUT2D eigenvalue weighted by Gasteiger charge is 2.15.